The molecule has 1 unspecified atom stereocenters. The van der Waals surface area contributed by atoms with Gasteiger partial charge in [-0.05, 0) is 37.1 Å². The maximum Gasteiger partial charge on any atom is 0.253 e. The van der Waals surface area contributed by atoms with Gasteiger partial charge in [-0.2, -0.15) is 0 Å². The first-order chi connectivity index (χ1) is 10.1. The average Bonchev–Trinajstić information content (AvgIpc) is 2.53. The van der Waals surface area contributed by atoms with Crippen molar-refractivity contribution >= 4 is 11.8 Å². The number of aliphatic hydroxyl groups is 1. The van der Waals surface area contributed by atoms with E-state index in [-0.39, 0.29) is 24.3 Å². The fourth-order valence-corrected chi connectivity index (χ4v) is 2.41. The number of hydrogen-bond acceptors (Lipinski definition) is 3. The van der Waals surface area contributed by atoms with Crippen molar-refractivity contribution in [3.05, 3.63) is 35.4 Å². The van der Waals surface area contributed by atoms with Gasteiger partial charge in [0.25, 0.3) is 5.91 Å². The highest BCUT2D eigenvalue weighted by atomic mass is 16.2. The molecule has 1 aliphatic heterocycles. The normalized spacial score (nSPS) is 17.8. The Balaban J connectivity index is 2.07. The first-order valence-corrected chi connectivity index (χ1v) is 6.90. The number of piperidine rings is 1. The highest BCUT2D eigenvalue weighted by molar-refractivity contribution is 5.94. The number of carbonyl (C=O) groups is 2. The number of amides is 2. The molecule has 1 aromatic rings. The molecule has 0 bridgehead atoms. The van der Waals surface area contributed by atoms with Crippen molar-refractivity contribution in [2.45, 2.75) is 12.8 Å². The van der Waals surface area contributed by atoms with E-state index in [1.165, 1.54) is 0 Å². The van der Waals surface area contributed by atoms with Gasteiger partial charge in [0.2, 0.25) is 5.91 Å². The summed E-state index contributed by atoms with van der Waals surface area (Å²) < 4.78 is 0. The smallest absolute Gasteiger partial charge is 0.253 e. The van der Waals surface area contributed by atoms with Crippen molar-refractivity contribution < 1.29 is 14.7 Å². The summed E-state index contributed by atoms with van der Waals surface area (Å²) in [4.78, 5) is 25.3. The molecular weight excluding hydrogens is 268 g/mol. The van der Waals surface area contributed by atoms with E-state index < -0.39 is 0 Å². The summed E-state index contributed by atoms with van der Waals surface area (Å²) in [5, 5.41) is 8.64. The molecule has 5 nitrogen and oxygen atoms in total. The number of nitrogens with two attached hydrogens (primary N) is 1. The van der Waals surface area contributed by atoms with Crippen LogP contribution in [0.1, 0.15) is 28.8 Å². The highest BCUT2D eigenvalue weighted by Gasteiger charge is 2.27. The van der Waals surface area contributed by atoms with Crippen molar-refractivity contribution in [1.82, 2.24) is 4.90 Å². The highest BCUT2D eigenvalue weighted by Crippen LogP contribution is 2.18. The molecule has 110 valence electrons. The molecule has 1 atom stereocenters. The van der Waals surface area contributed by atoms with Crippen LogP contribution in [0.15, 0.2) is 24.3 Å². The Hall–Kier alpha value is -2.32. The van der Waals surface area contributed by atoms with Gasteiger partial charge in [0.1, 0.15) is 6.61 Å². The van der Waals surface area contributed by atoms with Gasteiger partial charge in [-0.3, -0.25) is 9.59 Å². The molecule has 1 fully saturated rings. The van der Waals surface area contributed by atoms with Crippen LogP contribution in [-0.2, 0) is 4.79 Å². The number of carbonyl (C=O) groups excluding carboxylic acids is 2. The molecule has 0 radical (unpaired) electrons. The lowest BCUT2D eigenvalue weighted by Gasteiger charge is -2.31. The van der Waals surface area contributed by atoms with E-state index in [1.807, 2.05) is 0 Å². The van der Waals surface area contributed by atoms with Crippen LogP contribution < -0.4 is 5.73 Å². The van der Waals surface area contributed by atoms with Crippen molar-refractivity contribution in [2.24, 2.45) is 11.7 Å². The zero-order chi connectivity index (χ0) is 15.2. The van der Waals surface area contributed by atoms with Crippen LogP contribution >= 0.6 is 0 Å². The van der Waals surface area contributed by atoms with Gasteiger partial charge in [0.05, 0.1) is 5.92 Å². The molecule has 0 aliphatic carbocycles. The van der Waals surface area contributed by atoms with E-state index in [1.54, 1.807) is 29.2 Å². The molecule has 2 amide bonds. The minimum Gasteiger partial charge on any atom is -0.384 e. The second kappa shape index (κ2) is 6.91. The number of hydrogen-bond donors (Lipinski definition) is 2. The predicted octanol–water partition coefficient (Wildman–Crippen LogP) is 0.368. The first-order valence-electron chi connectivity index (χ1n) is 6.90. The van der Waals surface area contributed by atoms with Crippen molar-refractivity contribution in [1.29, 1.82) is 0 Å². The Labute approximate surface area is 123 Å². The van der Waals surface area contributed by atoms with Crippen molar-refractivity contribution in [3.63, 3.8) is 0 Å². The zero-order valence-corrected chi connectivity index (χ0v) is 11.7. The molecule has 1 aromatic carbocycles. The number of likely N-dealkylation sites (tertiary alicyclic amines) is 1. The lowest BCUT2D eigenvalue weighted by Crippen LogP contribution is -2.44. The summed E-state index contributed by atoms with van der Waals surface area (Å²) in [7, 11) is 0. The molecule has 1 saturated heterocycles. The van der Waals surface area contributed by atoms with Crippen LogP contribution in [0.25, 0.3) is 0 Å². The third-order valence-corrected chi connectivity index (χ3v) is 3.55. The Morgan fingerprint density at radius 3 is 2.67 bits per heavy atom. The Morgan fingerprint density at radius 2 is 2.05 bits per heavy atom. The summed E-state index contributed by atoms with van der Waals surface area (Å²) in [6.07, 6.45) is 1.54. The molecule has 21 heavy (non-hydrogen) atoms. The number of aliphatic hydroxyl groups excluding tert-OH is 1. The third-order valence-electron chi connectivity index (χ3n) is 3.55. The quantitative estimate of drug-likeness (QED) is 0.770. The number of benzene rings is 1. The molecular formula is C16H18N2O3. The van der Waals surface area contributed by atoms with E-state index >= 15 is 0 Å². The summed E-state index contributed by atoms with van der Waals surface area (Å²) in [6.45, 7) is 0.845. The standard InChI is InChI=1S/C16H18N2O3/c17-15(20)14-4-1-9-18(11-14)16(21)13-7-5-12(6-8-13)3-2-10-19/h5-8,14,19H,1,4,9-11H2,(H2,17,20). The maximum atomic E-state index is 12.4. The third kappa shape index (κ3) is 3.83. The summed E-state index contributed by atoms with van der Waals surface area (Å²) in [5.41, 5.74) is 6.63. The molecule has 5 heteroatoms. The molecule has 2 rings (SSSR count). The Bertz CT molecular complexity index is 584. The predicted molar refractivity (Wildman–Crippen MR) is 78.2 cm³/mol. The second-order valence-electron chi connectivity index (χ2n) is 5.03. The van der Waals surface area contributed by atoms with Gasteiger partial charge in [0.15, 0.2) is 0 Å². The van der Waals surface area contributed by atoms with Gasteiger partial charge in [-0.25, -0.2) is 0 Å². The van der Waals surface area contributed by atoms with E-state index in [0.717, 1.165) is 18.4 Å². The van der Waals surface area contributed by atoms with Gasteiger partial charge in [-0.15, -0.1) is 0 Å². The van der Waals surface area contributed by atoms with Crippen LogP contribution in [-0.4, -0.2) is 41.5 Å². The minimum atomic E-state index is -0.345. The molecule has 0 saturated carbocycles. The van der Waals surface area contributed by atoms with E-state index in [9.17, 15) is 9.59 Å². The molecule has 1 heterocycles. The molecule has 1 aliphatic rings. The number of rotatable bonds is 2. The number of primary amides is 1. The Morgan fingerprint density at radius 1 is 1.33 bits per heavy atom. The lowest BCUT2D eigenvalue weighted by atomic mass is 9.97. The summed E-state index contributed by atoms with van der Waals surface area (Å²) >= 11 is 0. The van der Waals surface area contributed by atoms with E-state index in [2.05, 4.69) is 11.8 Å². The van der Waals surface area contributed by atoms with Crippen LogP contribution in [0, 0.1) is 17.8 Å². The van der Waals surface area contributed by atoms with Gasteiger partial charge < -0.3 is 15.7 Å². The van der Waals surface area contributed by atoms with Gasteiger partial charge in [0, 0.05) is 24.2 Å². The SMILES string of the molecule is NC(=O)C1CCCN(C(=O)c2ccc(C#CCO)cc2)C1. The minimum absolute atomic E-state index is 0.0948. The lowest BCUT2D eigenvalue weighted by molar-refractivity contribution is -0.123. The fraction of sp³-hybridized carbons (Fsp3) is 0.375. The largest absolute Gasteiger partial charge is 0.384 e. The topological polar surface area (TPSA) is 83.6 Å². The average molecular weight is 286 g/mol. The summed E-state index contributed by atoms with van der Waals surface area (Å²) in [6, 6.07) is 6.89. The monoisotopic (exact) mass is 286 g/mol. The maximum absolute atomic E-state index is 12.4. The van der Waals surface area contributed by atoms with Gasteiger partial charge in [-0.1, -0.05) is 11.8 Å². The Kier molecular flexibility index (Phi) is 4.96. The van der Waals surface area contributed by atoms with E-state index in [4.69, 9.17) is 10.8 Å². The van der Waals surface area contributed by atoms with Crippen LogP contribution in [0.2, 0.25) is 0 Å². The number of nitrogens with zero attached hydrogens (tertiary/aromatic N) is 1. The van der Waals surface area contributed by atoms with Gasteiger partial charge >= 0.3 is 0 Å². The molecule has 3 N–H and O–H groups in total. The second-order valence-corrected chi connectivity index (χ2v) is 5.03. The van der Waals surface area contributed by atoms with Crippen LogP contribution in [0.5, 0.6) is 0 Å². The first kappa shape index (κ1) is 15.1. The zero-order valence-electron chi connectivity index (χ0n) is 11.7. The van der Waals surface area contributed by atoms with Crippen molar-refractivity contribution in [3.8, 4) is 11.8 Å². The summed E-state index contributed by atoms with van der Waals surface area (Å²) in [5.74, 6) is 4.64. The van der Waals surface area contributed by atoms with Crippen LogP contribution in [0.3, 0.4) is 0 Å². The van der Waals surface area contributed by atoms with E-state index in [0.29, 0.717) is 18.7 Å². The fourth-order valence-electron chi connectivity index (χ4n) is 2.41. The molecule has 0 spiro atoms. The molecule has 0 aromatic heterocycles. The van der Waals surface area contributed by atoms with Crippen LogP contribution in [0.4, 0.5) is 0 Å². The van der Waals surface area contributed by atoms with Crippen molar-refractivity contribution in [2.75, 3.05) is 19.7 Å².